The molecule has 0 aliphatic carbocycles. The lowest BCUT2D eigenvalue weighted by molar-refractivity contribution is -0.0837. The number of aromatic nitrogens is 1. The largest absolute Gasteiger partial charge is 0.376 e. The molecule has 1 unspecified atom stereocenters. The number of anilines is 1. The Morgan fingerprint density at radius 2 is 2.37 bits per heavy atom. The van der Waals surface area contributed by atoms with Crippen molar-refractivity contribution in [1.82, 2.24) is 4.98 Å². The second-order valence-electron chi connectivity index (χ2n) is 4.56. The second-order valence-corrected chi connectivity index (χ2v) is 6.00. The Balaban J connectivity index is 1.75. The van der Waals surface area contributed by atoms with E-state index in [-0.39, 0.29) is 6.10 Å². The van der Waals surface area contributed by atoms with Crippen molar-refractivity contribution in [1.29, 1.82) is 0 Å². The molecule has 0 radical (unpaired) electrons. The summed E-state index contributed by atoms with van der Waals surface area (Å²) < 4.78 is 12.2. The maximum absolute atomic E-state index is 5.99. The molecule has 1 aromatic heterocycles. The molecular weight excluding hydrogens is 284 g/mol. The Morgan fingerprint density at radius 3 is 3.16 bits per heavy atom. The predicted molar refractivity (Wildman–Crippen MR) is 78.5 cm³/mol. The van der Waals surface area contributed by atoms with Gasteiger partial charge in [0.05, 0.1) is 36.1 Å². The lowest BCUT2D eigenvalue weighted by atomic mass is 10.3. The van der Waals surface area contributed by atoms with Crippen LogP contribution in [0, 0.1) is 0 Å². The van der Waals surface area contributed by atoms with Gasteiger partial charge in [-0.3, -0.25) is 0 Å². The smallest absolute Gasteiger partial charge is 0.186 e. The van der Waals surface area contributed by atoms with E-state index in [0.717, 1.165) is 26.9 Å². The highest BCUT2D eigenvalue weighted by atomic mass is 35.5. The topological polar surface area (TPSA) is 34.6 Å². The summed E-state index contributed by atoms with van der Waals surface area (Å²) in [5.41, 5.74) is 0.983. The van der Waals surface area contributed by atoms with Gasteiger partial charge in [-0.1, -0.05) is 22.9 Å². The number of ether oxygens (including phenoxy) is 2. The maximum Gasteiger partial charge on any atom is 0.186 e. The molecule has 1 fully saturated rings. The summed E-state index contributed by atoms with van der Waals surface area (Å²) in [4.78, 5) is 6.72. The highest BCUT2D eigenvalue weighted by Crippen LogP contribution is 2.30. The summed E-state index contributed by atoms with van der Waals surface area (Å²) in [7, 11) is 2.03. The number of benzene rings is 1. The first-order chi connectivity index (χ1) is 9.22. The number of rotatable bonds is 3. The number of nitrogens with zero attached hydrogens (tertiary/aromatic N) is 2. The van der Waals surface area contributed by atoms with Crippen LogP contribution in [-0.4, -0.2) is 44.5 Å². The number of hydrogen-bond donors (Lipinski definition) is 0. The van der Waals surface area contributed by atoms with Gasteiger partial charge < -0.3 is 14.4 Å². The maximum atomic E-state index is 5.99. The van der Waals surface area contributed by atoms with Crippen molar-refractivity contribution in [2.75, 3.05) is 38.3 Å². The van der Waals surface area contributed by atoms with Crippen molar-refractivity contribution in [3.05, 3.63) is 23.2 Å². The van der Waals surface area contributed by atoms with Gasteiger partial charge in [0.25, 0.3) is 0 Å². The van der Waals surface area contributed by atoms with Crippen LogP contribution in [-0.2, 0) is 9.47 Å². The monoisotopic (exact) mass is 298 g/mol. The van der Waals surface area contributed by atoms with E-state index in [1.54, 1.807) is 11.3 Å². The number of fused-ring (bicyclic) bond motifs is 1. The minimum absolute atomic E-state index is 0.120. The molecular formula is C13H15ClN2O2S. The third-order valence-electron chi connectivity index (χ3n) is 3.03. The van der Waals surface area contributed by atoms with E-state index in [1.165, 1.54) is 0 Å². The van der Waals surface area contributed by atoms with Crippen LogP contribution in [0.1, 0.15) is 0 Å². The van der Waals surface area contributed by atoms with Crippen LogP contribution in [0.3, 0.4) is 0 Å². The summed E-state index contributed by atoms with van der Waals surface area (Å²) in [6.45, 7) is 2.81. The number of hydrogen-bond acceptors (Lipinski definition) is 5. The minimum atomic E-state index is 0.120. The number of likely N-dealkylation sites (N-methyl/N-ethyl adjacent to an activating group) is 1. The third-order valence-corrected chi connectivity index (χ3v) is 4.40. The van der Waals surface area contributed by atoms with Gasteiger partial charge in [-0.15, -0.1) is 0 Å². The van der Waals surface area contributed by atoms with E-state index in [0.29, 0.717) is 19.8 Å². The first kappa shape index (κ1) is 13.1. The zero-order chi connectivity index (χ0) is 13.2. The van der Waals surface area contributed by atoms with Crippen LogP contribution in [0.15, 0.2) is 18.2 Å². The van der Waals surface area contributed by atoms with E-state index in [1.807, 2.05) is 25.2 Å². The molecule has 1 aliphatic rings. The van der Waals surface area contributed by atoms with Crippen LogP contribution in [0.2, 0.25) is 5.02 Å². The predicted octanol–water partition coefficient (Wildman–Crippen LogP) is 2.80. The fourth-order valence-corrected chi connectivity index (χ4v) is 3.29. The SMILES string of the molecule is CN(CC1COCCO1)c1nc2ccc(Cl)cc2s1. The van der Waals surface area contributed by atoms with Crippen LogP contribution in [0.5, 0.6) is 0 Å². The van der Waals surface area contributed by atoms with E-state index in [9.17, 15) is 0 Å². The van der Waals surface area contributed by atoms with Gasteiger partial charge in [0.1, 0.15) is 0 Å². The molecule has 1 saturated heterocycles. The first-order valence-electron chi connectivity index (χ1n) is 6.19. The van der Waals surface area contributed by atoms with Crippen LogP contribution in [0.4, 0.5) is 5.13 Å². The fourth-order valence-electron chi connectivity index (χ4n) is 2.08. The van der Waals surface area contributed by atoms with Crippen molar-refractivity contribution < 1.29 is 9.47 Å². The van der Waals surface area contributed by atoms with Crippen molar-refractivity contribution in [2.45, 2.75) is 6.10 Å². The Hall–Kier alpha value is -0.880. The minimum Gasteiger partial charge on any atom is -0.376 e. The number of halogens is 1. The summed E-state index contributed by atoms with van der Waals surface area (Å²) in [6, 6.07) is 5.77. The van der Waals surface area contributed by atoms with Crippen molar-refractivity contribution in [3.8, 4) is 0 Å². The van der Waals surface area contributed by atoms with Gasteiger partial charge >= 0.3 is 0 Å². The van der Waals surface area contributed by atoms with Gasteiger partial charge in [-0.25, -0.2) is 4.98 Å². The van der Waals surface area contributed by atoms with E-state index in [2.05, 4.69) is 9.88 Å². The van der Waals surface area contributed by atoms with Crippen LogP contribution in [0.25, 0.3) is 10.2 Å². The first-order valence-corrected chi connectivity index (χ1v) is 7.38. The molecule has 0 amide bonds. The highest BCUT2D eigenvalue weighted by Gasteiger charge is 2.18. The van der Waals surface area contributed by atoms with E-state index < -0.39 is 0 Å². The molecule has 0 N–H and O–H groups in total. The zero-order valence-electron chi connectivity index (χ0n) is 10.6. The molecule has 4 nitrogen and oxygen atoms in total. The summed E-state index contributed by atoms with van der Waals surface area (Å²) in [6.07, 6.45) is 0.120. The molecule has 0 bridgehead atoms. The fraction of sp³-hybridized carbons (Fsp3) is 0.462. The van der Waals surface area contributed by atoms with Crippen LogP contribution >= 0.6 is 22.9 Å². The standard InChI is InChI=1S/C13H15ClN2O2S/c1-16(7-10-8-17-4-5-18-10)13-15-11-3-2-9(14)6-12(11)19-13/h2-3,6,10H,4-5,7-8H2,1H3. The zero-order valence-corrected chi connectivity index (χ0v) is 12.2. The lowest BCUT2D eigenvalue weighted by Gasteiger charge is -2.27. The normalized spacial score (nSPS) is 19.8. The highest BCUT2D eigenvalue weighted by molar-refractivity contribution is 7.22. The van der Waals surface area contributed by atoms with E-state index >= 15 is 0 Å². The molecule has 1 atom stereocenters. The van der Waals surface area contributed by atoms with Crippen molar-refractivity contribution in [2.24, 2.45) is 0 Å². The summed E-state index contributed by atoms with van der Waals surface area (Å²) in [5, 5.41) is 1.72. The molecule has 0 saturated carbocycles. The Kier molecular flexibility index (Phi) is 3.88. The molecule has 19 heavy (non-hydrogen) atoms. The molecule has 102 valence electrons. The molecule has 1 aromatic carbocycles. The summed E-state index contributed by atoms with van der Waals surface area (Å²) in [5.74, 6) is 0. The summed E-state index contributed by atoms with van der Waals surface area (Å²) >= 11 is 7.63. The van der Waals surface area contributed by atoms with Gasteiger partial charge in [0.15, 0.2) is 5.13 Å². The molecule has 3 rings (SSSR count). The van der Waals surface area contributed by atoms with Crippen molar-refractivity contribution >= 4 is 38.3 Å². The number of thiazole rings is 1. The molecule has 6 heteroatoms. The Labute approximate surface area is 120 Å². The quantitative estimate of drug-likeness (QED) is 0.873. The molecule has 2 aromatic rings. The molecule has 2 heterocycles. The van der Waals surface area contributed by atoms with Gasteiger partial charge in [0, 0.05) is 18.6 Å². The van der Waals surface area contributed by atoms with Crippen LogP contribution < -0.4 is 4.90 Å². The second kappa shape index (κ2) is 5.63. The van der Waals surface area contributed by atoms with Crippen molar-refractivity contribution in [3.63, 3.8) is 0 Å². The average Bonchev–Trinajstić information content (AvgIpc) is 2.83. The van der Waals surface area contributed by atoms with Gasteiger partial charge in [-0.05, 0) is 18.2 Å². The van der Waals surface area contributed by atoms with Gasteiger partial charge in [0.2, 0.25) is 0 Å². The Morgan fingerprint density at radius 1 is 1.47 bits per heavy atom. The molecule has 0 spiro atoms. The Bertz CT molecular complexity index is 569. The average molecular weight is 299 g/mol. The third kappa shape index (κ3) is 3.00. The lowest BCUT2D eigenvalue weighted by Crippen LogP contribution is -2.38. The molecule has 1 aliphatic heterocycles. The van der Waals surface area contributed by atoms with Gasteiger partial charge in [-0.2, -0.15) is 0 Å². The van der Waals surface area contributed by atoms with E-state index in [4.69, 9.17) is 21.1 Å².